The van der Waals surface area contributed by atoms with Gasteiger partial charge in [-0.15, -0.1) is 0 Å². The molecule has 0 heterocycles. The predicted octanol–water partition coefficient (Wildman–Crippen LogP) is 4.98. The third-order valence-corrected chi connectivity index (χ3v) is 3.16. The quantitative estimate of drug-likeness (QED) is 0.654. The van der Waals surface area contributed by atoms with E-state index in [4.69, 9.17) is 0 Å². The first-order chi connectivity index (χ1) is 8.60. The molecular weight excluding hydrogens is 223 g/mol. The molecule has 1 aliphatic rings. The van der Waals surface area contributed by atoms with Gasteiger partial charge in [-0.3, -0.25) is 0 Å². The maximum Gasteiger partial charge on any atom is 0.123 e. The second-order valence-electron chi connectivity index (χ2n) is 4.66. The number of aryl methyl sites for hydroxylation is 1. The Kier molecular flexibility index (Phi) is 3.61. The first kappa shape index (κ1) is 12.6. The molecule has 0 N–H and O–H groups in total. The van der Waals surface area contributed by atoms with Gasteiger partial charge in [0.1, 0.15) is 5.82 Å². The normalized spacial score (nSPS) is 15.4. The molecule has 0 nitrogen and oxygen atoms in total. The Morgan fingerprint density at radius 1 is 1.33 bits per heavy atom. The van der Waals surface area contributed by atoms with Crippen LogP contribution in [0.3, 0.4) is 0 Å². The van der Waals surface area contributed by atoms with E-state index in [1.165, 1.54) is 17.2 Å². The molecule has 0 fully saturated rings. The van der Waals surface area contributed by atoms with Crippen LogP contribution >= 0.6 is 0 Å². The summed E-state index contributed by atoms with van der Waals surface area (Å²) in [5.41, 5.74) is 5.79. The SMILES string of the molecule is C=CC(C)=CC1=CC=C(c2ccc(F)cc2C)C1. The molecule has 1 aromatic rings. The van der Waals surface area contributed by atoms with Gasteiger partial charge >= 0.3 is 0 Å². The van der Waals surface area contributed by atoms with Crippen LogP contribution in [-0.4, -0.2) is 0 Å². The van der Waals surface area contributed by atoms with Crippen molar-refractivity contribution in [3.8, 4) is 0 Å². The lowest BCUT2D eigenvalue weighted by Crippen LogP contribution is -1.89. The van der Waals surface area contributed by atoms with E-state index in [1.807, 2.05) is 26.0 Å². The summed E-state index contributed by atoms with van der Waals surface area (Å²) < 4.78 is 13.1. The third kappa shape index (κ3) is 2.67. The summed E-state index contributed by atoms with van der Waals surface area (Å²) in [5, 5.41) is 0. The van der Waals surface area contributed by atoms with Crippen molar-refractivity contribution in [1.29, 1.82) is 0 Å². The summed E-state index contributed by atoms with van der Waals surface area (Å²) in [5.74, 6) is -0.176. The molecule has 0 radical (unpaired) electrons. The van der Waals surface area contributed by atoms with E-state index in [1.54, 1.807) is 6.07 Å². The molecule has 0 atom stereocenters. The molecule has 92 valence electrons. The van der Waals surface area contributed by atoms with Crippen LogP contribution in [0.4, 0.5) is 4.39 Å². The van der Waals surface area contributed by atoms with Crippen molar-refractivity contribution >= 4 is 5.57 Å². The van der Waals surface area contributed by atoms with Crippen LogP contribution in [0, 0.1) is 12.7 Å². The fraction of sp³-hybridized carbons (Fsp3) is 0.176. The van der Waals surface area contributed by atoms with Crippen molar-refractivity contribution in [2.45, 2.75) is 20.3 Å². The van der Waals surface area contributed by atoms with Gasteiger partial charge < -0.3 is 0 Å². The summed E-state index contributed by atoms with van der Waals surface area (Å²) in [6, 6.07) is 4.96. The fourth-order valence-electron chi connectivity index (χ4n) is 2.17. The first-order valence-corrected chi connectivity index (χ1v) is 6.07. The first-order valence-electron chi connectivity index (χ1n) is 6.07. The maximum atomic E-state index is 13.1. The second kappa shape index (κ2) is 5.18. The van der Waals surface area contributed by atoms with Gasteiger partial charge in [0.25, 0.3) is 0 Å². The zero-order chi connectivity index (χ0) is 13.1. The molecule has 0 bridgehead atoms. The van der Waals surface area contributed by atoms with E-state index in [9.17, 15) is 4.39 Å². The molecule has 0 aliphatic heterocycles. The molecule has 1 aliphatic carbocycles. The molecule has 0 aromatic heterocycles. The summed E-state index contributed by atoms with van der Waals surface area (Å²) in [6.07, 6.45) is 9.11. The number of allylic oxidation sites excluding steroid dienone is 7. The monoisotopic (exact) mass is 240 g/mol. The molecule has 0 unspecified atom stereocenters. The van der Waals surface area contributed by atoms with Crippen LogP contribution in [0.15, 0.2) is 60.2 Å². The van der Waals surface area contributed by atoms with Gasteiger partial charge in [-0.2, -0.15) is 0 Å². The van der Waals surface area contributed by atoms with Crippen molar-refractivity contribution in [2.24, 2.45) is 0 Å². The van der Waals surface area contributed by atoms with E-state index in [2.05, 4.69) is 24.8 Å². The zero-order valence-electron chi connectivity index (χ0n) is 10.8. The topological polar surface area (TPSA) is 0 Å². The van der Waals surface area contributed by atoms with E-state index in [-0.39, 0.29) is 5.82 Å². The van der Waals surface area contributed by atoms with E-state index < -0.39 is 0 Å². The standard InChI is InChI=1S/C17H17F/c1-4-12(2)9-14-5-6-15(11-14)17-8-7-16(18)10-13(17)3/h4-10H,1,11H2,2-3H3. The minimum absolute atomic E-state index is 0.176. The van der Waals surface area contributed by atoms with Gasteiger partial charge in [0, 0.05) is 0 Å². The van der Waals surface area contributed by atoms with Crippen molar-refractivity contribution < 1.29 is 4.39 Å². The third-order valence-electron chi connectivity index (χ3n) is 3.16. The largest absolute Gasteiger partial charge is 0.207 e. The molecular formula is C17H17F. The van der Waals surface area contributed by atoms with Gasteiger partial charge in [-0.05, 0) is 54.7 Å². The smallest absolute Gasteiger partial charge is 0.123 e. The van der Waals surface area contributed by atoms with Gasteiger partial charge in [0.05, 0.1) is 0 Å². The molecule has 1 aromatic carbocycles. The van der Waals surface area contributed by atoms with Crippen molar-refractivity contribution in [3.05, 3.63) is 77.2 Å². The van der Waals surface area contributed by atoms with E-state index in [0.29, 0.717) is 0 Å². The summed E-state index contributed by atoms with van der Waals surface area (Å²) in [7, 11) is 0. The van der Waals surface area contributed by atoms with Crippen LogP contribution in [0.1, 0.15) is 24.5 Å². The van der Waals surface area contributed by atoms with Gasteiger partial charge in [-0.25, -0.2) is 4.39 Å². The number of hydrogen-bond donors (Lipinski definition) is 0. The summed E-state index contributed by atoms with van der Waals surface area (Å²) >= 11 is 0. The lowest BCUT2D eigenvalue weighted by molar-refractivity contribution is 0.626. The molecule has 2 rings (SSSR count). The molecule has 1 heteroatoms. The molecule has 18 heavy (non-hydrogen) atoms. The highest BCUT2D eigenvalue weighted by Crippen LogP contribution is 2.31. The number of halogens is 1. The number of hydrogen-bond acceptors (Lipinski definition) is 0. The van der Waals surface area contributed by atoms with E-state index >= 15 is 0 Å². The molecule has 0 saturated heterocycles. The predicted molar refractivity (Wildman–Crippen MR) is 75.8 cm³/mol. The Balaban J connectivity index is 2.18. The van der Waals surface area contributed by atoms with Gasteiger partial charge in [0.2, 0.25) is 0 Å². The Morgan fingerprint density at radius 2 is 2.11 bits per heavy atom. The average Bonchev–Trinajstić information content (AvgIpc) is 2.77. The van der Waals surface area contributed by atoms with Gasteiger partial charge in [0.15, 0.2) is 0 Å². The zero-order valence-corrected chi connectivity index (χ0v) is 10.8. The van der Waals surface area contributed by atoms with Crippen molar-refractivity contribution in [1.82, 2.24) is 0 Å². The Bertz CT molecular complexity index is 571. The van der Waals surface area contributed by atoms with Crippen LogP contribution in [-0.2, 0) is 0 Å². The van der Waals surface area contributed by atoms with Crippen LogP contribution in [0.5, 0.6) is 0 Å². The highest BCUT2D eigenvalue weighted by molar-refractivity contribution is 5.75. The molecule has 0 saturated carbocycles. The lowest BCUT2D eigenvalue weighted by atomic mass is 9.98. The van der Waals surface area contributed by atoms with Crippen LogP contribution in [0.25, 0.3) is 5.57 Å². The highest BCUT2D eigenvalue weighted by Gasteiger charge is 2.11. The van der Waals surface area contributed by atoms with Crippen molar-refractivity contribution in [3.63, 3.8) is 0 Å². The second-order valence-corrected chi connectivity index (χ2v) is 4.66. The van der Waals surface area contributed by atoms with E-state index in [0.717, 1.165) is 23.1 Å². The molecule has 0 amide bonds. The fourth-order valence-corrected chi connectivity index (χ4v) is 2.17. The Labute approximate surface area is 108 Å². The maximum absolute atomic E-state index is 13.1. The Hall–Kier alpha value is -1.89. The molecule has 0 spiro atoms. The summed E-state index contributed by atoms with van der Waals surface area (Å²) in [4.78, 5) is 0. The number of benzene rings is 1. The van der Waals surface area contributed by atoms with Crippen LogP contribution in [0.2, 0.25) is 0 Å². The minimum Gasteiger partial charge on any atom is -0.207 e. The van der Waals surface area contributed by atoms with Crippen molar-refractivity contribution in [2.75, 3.05) is 0 Å². The average molecular weight is 240 g/mol. The number of rotatable bonds is 3. The summed E-state index contributed by atoms with van der Waals surface area (Å²) in [6.45, 7) is 7.73. The lowest BCUT2D eigenvalue weighted by Gasteiger charge is -2.07. The Morgan fingerprint density at radius 3 is 2.78 bits per heavy atom. The van der Waals surface area contributed by atoms with Gasteiger partial charge in [-0.1, -0.05) is 42.5 Å². The van der Waals surface area contributed by atoms with Crippen LogP contribution < -0.4 is 0 Å². The highest BCUT2D eigenvalue weighted by atomic mass is 19.1. The minimum atomic E-state index is -0.176.